The van der Waals surface area contributed by atoms with Gasteiger partial charge in [-0.3, -0.25) is 4.79 Å². The summed E-state index contributed by atoms with van der Waals surface area (Å²) in [7, 11) is 0. The molecule has 1 aliphatic heterocycles. The molecule has 0 aliphatic carbocycles. The first-order valence-electron chi connectivity index (χ1n) is 8.16. The van der Waals surface area contributed by atoms with Gasteiger partial charge in [0.25, 0.3) is 5.91 Å². The van der Waals surface area contributed by atoms with Crippen LogP contribution in [0.15, 0.2) is 35.5 Å². The lowest BCUT2D eigenvalue weighted by Gasteiger charge is -2.22. The van der Waals surface area contributed by atoms with Crippen molar-refractivity contribution < 1.29 is 14.3 Å². The van der Waals surface area contributed by atoms with Crippen molar-refractivity contribution in [1.29, 1.82) is 0 Å². The second kappa shape index (κ2) is 7.94. The summed E-state index contributed by atoms with van der Waals surface area (Å²) in [5.41, 5.74) is 7.16. The van der Waals surface area contributed by atoms with Gasteiger partial charge in [-0.15, -0.1) is 0 Å². The molecule has 0 spiro atoms. The van der Waals surface area contributed by atoms with Gasteiger partial charge in [0.1, 0.15) is 0 Å². The molecule has 2 heterocycles. The van der Waals surface area contributed by atoms with Gasteiger partial charge in [-0.2, -0.15) is 4.99 Å². The summed E-state index contributed by atoms with van der Waals surface area (Å²) < 4.78 is 11.1. The van der Waals surface area contributed by atoms with Crippen molar-refractivity contribution in [1.82, 2.24) is 10.3 Å². The minimum Gasteiger partial charge on any atom is -0.370 e. The summed E-state index contributed by atoms with van der Waals surface area (Å²) in [6.07, 6.45) is 4.65. The minimum absolute atomic E-state index is 0.0819. The van der Waals surface area contributed by atoms with E-state index in [9.17, 15) is 4.79 Å². The van der Waals surface area contributed by atoms with Gasteiger partial charge < -0.3 is 25.5 Å². The fraction of sp³-hybridized carbons (Fsp3) is 0.412. The van der Waals surface area contributed by atoms with Crippen LogP contribution in [0.1, 0.15) is 29.6 Å². The summed E-state index contributed by atoms with van der Waals surface area (Å²) in [5.74, 6) is -0.299. The first-order valence-corrected chi connectivity index (χ1v) is 8.16. The molecule has 1 aliphatic rings. The van der Waals surface area contributed by atoms with E-state index >= 15 is 0 Å². The summed E-state index contributed by atoms with van der Waals surface area (Å²) >= 11 is 0. The Hall–Kier alpha value is -2.38. The molecule has 1 unspecified atom stereocenters. The third-order valence-electron chi connectivity index (χ3n) is 3.89. The van der Waals surface area contributed by atoms with Crippen LogP contribution in [0.3, 0.4) is 0 Å². The lowest BCUT2D eigenvalue weighted by molar-refractivity contribution is -0.160. The summed E-state index contributed by atoms with van der Waals surface area (Å²) in [6, 6.07) is 7.56. The quantitative estimate of drug-likeness (QED) is 0.440. The molecule has 0 bridgehead atoms. The molecular weight excluding hydrogens is 308 g/mol. The number of hydrogen-bond donors (Lipinski definition) is 3. The van der Waals surface area contributed by atoms with E-state index in [1.165, 1.54) is 0 Å². The Kier molecular flexibility index (Phi) is 5.45. The molecule has 128 valence electrons. The third kappa shape index (κ3) is 4.12. The van der Waals surface area contributed by atoms with Gasteiger partial charge in [-0.1, -0.05) is 18.2 Å². The van der Waals surface area contributed by atoms with E-state index in [1.54, 1.807) is 6.20 Å². The van der Waals surface area contributed by atoms with E-state index in [1.807, 2.05) is 24.3 Å². The van der Waals surface area contributed by atoms with Crippen molar-refractivity contribution in [2.75, 3.05) is 19.8 Å². The zero-order valence-electron chi connectivity index (χ0n) is 13.5. The summed E-state index contributed by atoms with van der Waals surface area (Å²) in [6.45, 7) is 1.67. The van der Waals surface area contributed by atoms with E-state index in [4.69, 9.17) is 15.2 Å². The number of carbonyl (C=O) groups excluding carboxylic acids is 1. The molecule has 0 radical (unpaired) electrons. The fourth-order valence-corrected chi connectivity index (χ4v) is 2.67. The Morgan fingerprint density at radius 3 is 3.12 bits per heavy atom. The van der Waals surface area contributed by atoms with Gasteiger partial charge in [0.15, 0.2) is 12.2 Å². The predicted octanol–water partition coefficient (Wildman–Crippen LogP) is 1.76. The minimum atomic E-state index is -0.381. The number of nitrogens with two attached hydrogens (primary N) is 1. The highest BCUT2D eigenvalue weighted by Gasteiger charge is 2.14. The third-order valence-corrected chi connectivity index (χ3v) is 3.89. The van der Waals surface area contributed by atoms with Crippen LogP contribution in [0.4, 0.5) is 0 Å². The SMILES string of the molecule is NC(=NC(=O)c1c[nH]c2ccccc12)NCCOC1CCCCO1. The lowest BCUT2D eigenvalue weighted by Crippen LogP contribution is -2.36. The number of fused-ring (bicyclic) bond motifs is 1. The molecule has 1 fully saturated rings. The summed E-state index contributed by atoms with van der Waals surface area (Å²) in [4.78, 5) is 19.2. The standard InChI is InChI=1S/C17H22N4O3/c18-17(19-8-10-24-15-7-3-4-9-23-15)21-16(22)13-11-20-14-6-2-1-5-12(13)14/h1-2,5-6,11,15,20H,3-4,7-10H2,(H3,18,19,21,22). The first kappa shape index (κ1) is 16.5. The number of rotatable bonds is 5. The number of aliphatic imine (C=N–C) groups is 1. The number of nitrogens with one attached hydrogen (secondary N) is 2. The molecule has 1 atom stereocenters. The van der Waals surface area contributed by atoms with Crippen molar-refractivity contribution in [2.24, 2.45) is 10.7 Å². The molecule has 0 saturated carbocycles. The van der Waals surface area contributed by atoms with Crippen molar-refractivity contribution in [3.8, 4) is 0 Å². The van der Waals surface area contributed by atoms with Crippen molar-refractivity contribution >= 4 is 22.8 Å². The normalized spacial score (nSPS) is 18.7. The Morgan fingerprint density at radius 1 is 1.42 bits per heavy atom. The number of guanidine groups is 1. The molecule has 7 nitrogen and oxygen atoms in total. The molecule has 3 rings (SSSR count). The Bertz CT molecular complexity index is 719. The topological polar surface area (TPSA) is 102 Å². The molecule has 2 aromatic rings. The molecular formula is C17H22N4O3. The van der Waals surface area contributed by atoms with Crippen molar-refractivity contribution in [2.45, 2.75) is 25.6 Å². The maximum atomic E-state index is 12.2. The van der Waals surface area contributed by atoms with Crippen LogP contribution in [0.5, 0.6) is 0 Å². The van der Waals surface area contributed by atoms with Crippen molar-refractivity contribution in [3.63, 3.8) is 0 Å². The second-order valence-electron chi connectivity index (χ2n) is 5.64. The number of amides is 1. The van der Waals surface area contributed by atoms with Crippen LogP contribution in [-0.2, 0) is 9.47 Å². The number of carbonyl (C=O) groups is 1. The number of benzene rings is 1. The summed E-state index contributed by atoms with van der Waals surface area (Å²) in [5, 5.41) is 3.71. The Morgan fingerprint density at radius 2 is 2.29 bits per heavy atom. The molecule has 1 aromatic carbocycles. The Balaban J connectivity index is 1.49. The average molecular weight is 330 g/mol. The van der Waals surface area contributed by atoms with Gasteiger partial charge in [0, 0.05) is 30.3 Å². The van der Waals surface area contributed by atoms with E-state index in [2.05, 4.69) is 15.3 Å². The lowest BCUT2D eigenvalue weighted by atomic mass is 10.2. The monoisotopic (exact) mass is 330 g/mol. The number of para-hydroxylation sites is 1. The average Bonchev–Trinajstić information content (AvgIpc) is 3.04. The number of hydrogen-bond acceptors (Lipinski definition) is 3. The zero-order chi connectivity index (χ0) is 16.8. The highest BCUT2D eigenvalue weighted by Crippen LogP contribution is 2.18. The fourth-order valence-electron chi connectivity index (χ4n) is 2.67. The van der Waals surface area contributed by atoms with Crippen LogP contribution < -0.4 is 11.1 Å². The highest BCUT2D eigenvalue weighted by atomic mass is 16.7. The van der Waals surface area contributed by atoms with E-state index in [0.29, 0.717) is 18.7 Å². The number of ether oxygens (including phenoxy) is 2. The predicted molar refractivity (Wildman–Crippen MR) is 91.8 cm³/mol. The number of aromatic nitrogens is 1. The first-order chi connectivity index (χ1) is 11.7. The smallest absolute Gasteiger partial charge is 0.282 e. The maximum absolute atomic E-state index is 12.2. The van der Waals surface area contributed by atoms with Crippen LogP contribution in [0.2, 0.25) is 0 Å². The van der Waals surface area contributed by atoms with Crippen LogP contribution >= 0.6 is 0 Å². The van der Waals surface area contributed by atoms with Gasteiger partial charge in [0.2, 0.25) is 0 Å². The molecule has 1 saturated heterocycles. The van der Waals surface area contributed by atoms with E-state index in [-0.39, 0.29) is 18.2 Å². The maximum Gasteiger partial charge on any atom is 0.282 e. The second-order valence-corrected chi connectivity index (χ2v) is 5.64. The van der Waals surface area contributed by atoms with Gasteiger partial charge >= 0.3 is 0 Å². The number of H-pyrrole nitrogens is 1. The largest absolute Gasteiger partial charge is 0.370 e. The highest BCUT2D eigenvalue weighted by molar-refractivity contribution is 6.10. The molecule has 7 heteroatoms. The molecule has 1 amide bonds. The van der Waals surface area contributed by atoms with Crippen LogP contribution in [0, 0.1) is 0 Å². The zero-order valence-corrected chi connectivity index (χ0v) is 13.5. The van der Waals surface area contributed by atoms with Gasteiger partial charge in [-0.25, -0.2) is 0 Å². The molecule has 1 aromatic heterocycles. The van der Waals surface area contributed by atoms with Crippen LogP contribution in [0.25, 0.3) is 10.9 Å². The van der Waals surface area contributed by atoms with Gasteiger partial charge in [0.05, 0.1) is 12.2 Å². The van der Waals surface area contributed by atoms with E-state index < -0.39 is 0 Å². The number of nitrogens with zero attached hydrogens (tertiary/aromatic N) is 1. The van der Waals surface area contributed by atoms with E-state index in [0.717, 1.165) is 36.8 Å². The van der Waals surface area contributed by atoms with Crippen LogP contribution in [-0.4, -0.2) is 42.9 Å². The Labute approximate surface area is 140 Å². The molecule has 24 heavy (non-hydrogen) atoms. The van der Waals surface area contributed by atoms with Gasteiger partial charge in [-0.05, 0) is 25.3 Å². The molecule has 4 N–H and O–H groups in total. The number of aromatic amines is 1. The van der Waals surface area contributed by atoms with Crippen molar-refractivity contribution in [3.05, 3.63) is 36.0 Å².